The zero-order valence-electron chi connectivity index (χ0n) is 7.91. The first-order valence-corrected chi connectivity index (χ1v) is 4.28. The molecule has 0 fully saturated rings. The van der Waals surface area contributed by atoms with Crippen LogP contribution in [0.3, 0.4) is 0 Å². The number of ether oxygens (including phenoxy) is 2. The van der Waals surface area contributed by atoms with Gasteiger partial charge in [0.2, 0.25) is 0 Å². The SMILES string of the molecule is CCOc1cncc(OCC)c1N. The Hall–Kier alpha value is -1.45. The van der Waals surface area contributed by atoms with Crippen molar-refractivity contribution in [1.29, 1.82) is 0 Å². The summed E-state index contributed by atoms with van der Waals surface area (Å²) in [6.07, 6.45) is 3.17. The topological polar surface area (TPSA) is 57.4 Å². The zero-order valence-corrected chi connectivity index (χ0v) is 7.91. The second-order valence-corrected chi connectivity index (χ2v) is 2.42. The highest BCUT2D eigenvalue weighted by molar-refractivity contribution is 5.60. The second kappa shape index (κ2) is 4.54. The van der Waals surface area contributed by atoms with Gasteiger partial charge >= 0.3 is 0 Å². The van der Waals surface area contributed by atoms with Crippen LogP contribution in [0.1, 0.15) is 13.8 Å². The third-order valence-electron chi connectivity index (χ3n) is 1.51. The molecule has 1 heterocycles. The normalized spacial score (nSPS) is 9.69. The number of nitrogens with zero attached hydrogens (tertiary/aromatic N) is 1. The molecular formula is C9H14N2O2. The van der Waals surface area contributed by atoms with E-state index in [2.05, 4.69) is 4.98 Å². The van der Waals surface area contributed by atoms with Gasteiger partial charge in [0.15, 0.2) is 11.5 Å². The van der Waals surface area contributed by atoms with Crippen LogP contribution in [0.5, 0.6) is 11.5 Å². The van der Waals surface area contributed by atoms with Gasteiger partial charge in [-0.2, -0.15) is 0 Å². The average molecular weight is 182 g/mol. The summed E-state index contributed by atoms with van der Waals surface area (Å²) in [6, 6.07) is 0. The molecule has 0 unspecified atom stereocenters. The summed E-state index contributed by atoms with van der Waals surface area (Å²) in [5.41, 5.74) is 6.28. The van der Waals surface area contributed by atoms with E-state index in [1.54, 1.807) is 12.4 Å². The maximum atomic E-state index is 5.77. The van der Waals surface area contributed by atoms with E-state index >= 15 is 0 Å². The van der Waals surface area contributed by atoms with Gasteiger partial charge in [-0.1, -0.05) is 0 Å². The zero-order chi connectivity index (χ0) is 9.68. The minimum atomic E-state index is 0.513. The highest BCUT2D eigenvalue weighted by Gasteiger charge is 2.06. The molecule has 1 aromatic rings. The van der Waals surface area contributed by atoms with Crippen LogP contribution in [-0.4, -0.2) is 18.2 Å². The van der Waals surface area contributed by atoms with Gasteiger partial charge in [-0.05, 0) is 13.8 Å². The van der Waals surface area contributed by atoms with E-state index in [0.29, 0.717) is 30.4 Å². The summed E-state index contributed by atoms with van der Waals surface area (Å²) in [4.78, 5) is 3.95. The number of rotatable bonds is 4. The van der Waals surface area contributed by atoms with Crippen molar-refractivity contribution in [2.45, 2.75) is 13.8 Å². The summed E-state index contributed by atoms with van der Waals surface area (Å²) in [6.45, 7) is 4.93. The van der Waals surface area contributed by atoms with Crippen LogP contribution in [0.25, 0.3) is 0 Å². The van der Waals surface area contributed by atoms with Crippen LogP contribution in [0, 0.1) is 0 Å². The third kappa shape index (κ3) is 2.24. The highest BCUT2D eigenvalue weighted by Crippen LogP contribution is 2.29. The van der Waals surface area contributed by atoms with E-state index in [9.17, 15) is 0 Å². The minimum absolute atomic E-state index is 0.513. The number of nitrogen functional groups attached to an aromatic ring is 1. The molecule has 0 radical (unpaired) electrons. The molecule has 0 aliphatic rings. The Balaban J connectivity index is 2.89. The Labute approximate surface area is 77.7 Å². The van der Waals surface area contributed by atoms with Gasteiger partial charge < -0.3 is 15.2 Å². The first kappa shape index (κ1) is 9.64. The number of anilines is 1. The van der Waals surface area contributed by atoms with Gasteiger partial charge in [0.05, 0.1) is 25.6 Å². The van der Waals surface area contributed by atoms with Crippen LogP contribution in [-0.2, 0) is 0 Å². The van der Waals surface area contributed by atoms with Crippen molar-refractivity contribution in [1.82, 2.24) is 4.98 Å². The molecule has 4 heteroatoms. The summed E-state index contributed by atoms with van der Waals surface area (Å²) >= 11 is 0. The molecule has 0 saturated carbocycles. The quantitative estimate of drug-likeness (QED) is 0.765. The number of pyridine rings is 1. The van der Waals surface area contributed by atoms with Gasteiger partial charge in [-0.3, -0.25) is 4.98 Å². The summed E-state index contributed by atoms with van der Waals surface area (Å²) < 4.78 is 10.5. The number of aromatic nitrogens is 1. The molecule has 0 saturated heterocycles. The predicted octanol–water partition coefficient (Wildman–Crippen LogP) is 1.46. The Kier molecular flexibility index (Phi) is 3.37. The van der Waals surface area contributed by atoms with Crippen molar-refractivity contribution in [3.8, 4) is 11.5 Å². The molecule has 0 aliphatic carbocycles. The standard InChI is InChI=1S/C9H14N2O2/c1-3-12-7-5-11-6-8(9(7)10)13-4-2/h5-6H,3-4H2,1-2H3,(H2,10,11). The van der Waals surface area contributed by atoms with Crippen LogP contribution in [0.2, 0.25) is 0 Å². The minimum Gasteiger partial charge on any atom is -0.490 e. The van der Waals surface area contributed by atoms with E-state index in [4.69, 9.17) is 15.2 Å². The molecule has 1 aromatic heterocycles. The lowest BCUT2D eigenvalue weighted by Gasteiger charge is -2.10. The van der Waals surface area contributed by atoms with Gasteiger partial charge in [0, 0.05) is 0 Å². The van der Waals surface area contributed by atoms with Crippen molar-refractivity contribution in [2.24, 2.45) is 0 Å². The molecular weight excluding hydrogens is 168 g/mol. The molecule has 1 rings (SSSR count). The molecule has 2 N–H and O–H groups in total. The van der Waals surface area contributed by atoms with Crippen LogP contribution in [0.15, 0.2) is 12.4 Å². The van der Waals surface area contributed by atoms with Crippen LogP contribution < -0.4 is 15.2 Å². The fraction of sp³-hybridized carbons (Fsp3) is 0.444. The summed E-state index contributed by atoms with van der Waals surface area (Å²) in [7, 11) is 0. The lowest BCUT2D eigenvalue weighted by Crippen LogP contribution is -2.01. The van der Waals surface area contributed by atoms with Gasteiger partial charge in [0.1, 0.15) is 5.69 Å². The van der Waals surface area contributed by atoms with E-state index in [0.717, 1.165) is 0 Å². The summed E-state index contributed by atoms with van der Waals surface area (Å²) in [5.74, 6) is 1.15. The van der Waals surface area contributed by atoms with E-state index in [1.807, 2.05) is 13.8 Å². The average Bonchev–Trinajstić information content (AvgIpc) is 2.13. The van der Waals surface area contributed by atoms with E-state index < -0.39 is 0 Å². The third-order valence-corrected chi connectivity index (χ3v) is 1.51. The fourth-order valence-electron chi connectivity index (χ4n) is 0.974. The molecule has 4 nitrogen and oxygen atoms in total. The molecule has 0 aliphatic heterocycles. The maximum absolute atomic E-state index is 5.77. The number of hydrogen-bond acceptors (Lipinski definition) is 4. The Morgan fingerprint density at radius 3 is 2.00 bits per heavy atom. The van der Waals surface area contributed by atoms with E-state index in [-0.39, 0.29) is 0 Å². The molecule has 0 spiro atoms. The van der Waals surface area contributed by atoms with E-state index in [1.165, 1.54) is 0 Å². The Morgan fingerprint density at radius 1 is 1.15 bits per heavy atom. The molecule has 0 amide bonds. The molecule has 13 heavy (non-hydrogen) atoms. The van der Waals surface area contributed by atoms with Crippen molar-refractivity contribution < 1.29 is 9.47 Å². The summed E-state index contributed by atoms with van der Waals surface area (Å²) in [5, 5.41) is 0. The Morgan fingerprint density at radius 2 is 1.62 bits per heavy atom. The van der Waals surface area contributed by atoms with Gasteiger partial charge in [-0.25, -0.2) is 0 Å². The van der Waals surface area contributed by atoms with Crippen LogP contribution in [0.4, 0.5) is 5.69 Å². The number of nitrogens with two attached hydrogens (primary N) is 1. The molecule has 0 atom stereocenters. The lowest BCUT2D eigenvalue weighted by molar-refractivity contribution is 0.324. The first-order chi connectivity index (χ1) is 6.29. The van der Waals surface area contributed by atoms with Crippen molar-refractivity contribution in [3.63, 3.8) is 0 Å². The highest BCUT2D eigenvalue weighted by atomic mass is 16.5. The lowest BCUT2D eigenvalue weighted by atomic mass is 10.3. The number of hydrogen-bond donors (Lipinski definition) is 1. The van der Waals surface area contributed by atoms with Crippen molar-refractivity contribution in [2.75, 3.05) is 18.9 Å². The van der Waals surface area contributed by atoms with Crippen molar-refractivity contribution >= 4 is 5.69 Å². The predicted molar refractivity (Wildman–Crippen MR) is 51.0 cm³/mol. The van der Waals surface area contributed by atoms with Crippen molar-refractivity contribution in [3.05, 3.63) is 12.4 Å². The fourth-order valence-corrected chi connectivity index (χ4v) is 0.974. The molecule has 0 bridgehead atoms. The monoisotopic (exact) mass is 182 g/mol. The molecule has 0 aromatic carbocycles. The Bertz CT molecular complexity index is 252. The van der Waals surface area contributed by atoms with Gasteiger partial charge in [0.25, 0.3) is 0 Å². The second-order valence-electron chi connectivity index (χ2n) is 2.42. The largest absolute Gasteiger partial charge is 0.490 e. The van der Waals surface area contributed by atoms with Gasteiger partial charge in [-0.15, -0.1) is 0 Å². The van der Waals surface area contributed by atoms with Crippen LogP contribution >= 0.6 is 0 Å². The molecule has 72 valence electrons. The maximum Gasteiger partial charge on any atom is 0.164 e. The first-order valence-electron chi connectivity index (χ1n) is 4.28. The smallest absolute Gasteiger partial charge is 0.164 e.